The predicted octanol–water partition coefficient (Wildman–Crippen LogP) is 2.60. The zero-order chi connectivity index (χ0) is 17.2. The van der Waals surface area contributed by atoms with Crippen LogP contribution in [0.4, 0.5) is 4.39 Å². The summed E-state index contributed by atoms with van der Waals surface area (Å²) in [6.45, 7) is 0.719. The number of benzene rings is 2. The second-order valence-corrected chi connectivity index (χ2v) is 7.37. The number of rotatable bonds is 4. The third-order valence-corrected chi connectivity index (χ3v) is 5.82. The maximum absolute atomic E-state index is 13.9. The molecule has 1 unspecified atom stereocenters. The topological polar surface area (TPSA) is 55.8 Å². The van der Waals surface area contributed by atoms with E-state index < -0.39 is 15.8 Å². The van der Waals surface area contributed by atoms with E-state index in [4.69, 9.17) is 9.47 Å². The second kappa shape index (κ2) is 6.88. The molecule has 1 heterocycles. The highest BCUT2D eigenvalue weighted by atomic mass is 32.2. The van der Waals surface area contributed by atoms with Gasteiger partial charge in [-0.2, -0.15) is 4.31 Å². The number of nitrogens with zero attached hydrogens (tertiary/aromatic N) is 1. The molecule has 0 saturated carbocycles. The molecule has 0 radical (unpaired) electrons. The summed E-state index contributed by atoms with van der Waals surface area (Å²) in [6, 6.07) is 13.1. The van der Waals surface area contributed by atoms with Gasteiger partial charge in [0.05, 0.1) is 24.7 Å². The van der Waals surface area contributed by atoms with E-state index in [1.807, 2.05) is 30.3 Å². The van der Waals surface area contributed by atoms with E-state index >= 15 is 0 Å². The zero-order valence-electron chi connectivity index (χ0n) is 13.2. The van der Waals surface area contributed by atoms with Crippen molar-refractivity contribution in [1.29, 1.82) is 0 Å². The minimum absolute atomic E-state index is 0.0121. The van der Waals surface area contributed by atoms with Gasteiger partial charge in [0.1, 0.15) is 0 Å². The summed E-state index contributed by atoms with van der Waals surface area (Å²) in [4.78, 5) is -0.0884. The van der Waals surface area contributed by atoms with Gasteiger partial charge in [0.2, 0.25) is 10.0 Å². The number of sulfonamides is 1. The summed E-state index contributed by atoms with van der Waals surface area (Å²) in [5, 5.41) is 0. The van der Waals surface area contributed by atoms with Crippen molar-refractivity contribution in [3.63, 3.8) is 0 Å². The zero-order valence-corrected chi connectivity index (χ0v) is 14.0. The van der Waals surface area contributed by atoms with Crippen LogP contribution in [0.1, 0.15) is 11.7 Å². The maximum Gasteiger partial charge on any atom is 0.243 e. The number of hydrogen-bond acceptors (Lipinski definition) is 4. The smallest absolute Gasteiger partial charge is 0.243 e. The van der Waals surface area contributed by atoms with E-state index in [0.717, 1.165) is 11.6 Å². The molecule has 2 aromatic carbocycles. The number of hydrogen-bond donors (Lipinski definition) is 0. The fourth-order valence-corrected chi connectivity index (χ4v) is 4.11. The average Bonchev–Trinajstić information content (AvgIpc) is 2.62. The summed E-state index contributed by atoms with van der Waals surface area (Å²) in [5.74, 6) is -0.690. The van der Waals surface area contributed by atoms with Crippen LogP contribution in [0.2, 0.25) is 0 Å². The summed E-state index contributed by atoms with van der Waals surface area (Å²) in [6.07, 6.45) is -0.335. The van der Waals surface area contributed by atoms with Gasteiger partial charge >= 0.3 is 0 Å². The first-order valence-corrected chi connectivity index (χ1v) is 8.96. The van der Waals surface area contributed by atoms with E-state index in [0.29, 0.717) is 0 Å². The van der Waals surface area contributed by atoms with Gasteiger partial charge in [-0.1, -0.05) is 30.3 Å². The molecule has 1 saturated heterocycles. The van der Waals surface area contributed by atoms with Crippen LogP contribution in [0.15, 0.2) is 53.4 Å². The van der Waals surface area contributed by atoms with E-state index in [9.17, 15) is 12.8 Å². The maximum atomic E-state index is 13.9. The molecule has 5 nitrogen and oxygen atoms in total. The van der Waals surface area contributed by atoms with Crippen LogP contribution < -0.4 is 4.74 Å². The Morgan fingerprint density at radius 3 is 2.62 bits per heavy atom. The molecule has 1 fully saturated rings. The molecule has 0 N–H and O–H groups in total. The molecule has 24 heavy (non-hydrogen) atoms. The Bertz CT molecular complexity index is 811. The first-order valence-electron chi connectivity index (χ1n) is 7.52. The Morgan fingerprint density at radius 1 is 1.21 bits per heavy atom. The van der Waals surface area contributed by atoms with Gasteiger partial charge in [-0.05, 0) is 23.8 Å². The number of morpholine rings is 1. The van der Waals surface area contributed by atoms with Gasteiger partial charge in [0.25, 0.3) is 0 Å². The van der Waals surface area contributed by atoms with Gasteiger partial charge in [-0.25, -0.2) is 12.8 Å². The van der Waals surface area contributed by atoms with Crippen LogP contribution in [-0.2, 0) is 14.8 Å². The van der Waals surface area contributed by atoms with Crippen LogP contribution in [-0.4, -0.2) is 39.5 Å². The summed E-state index contributed by atoms with van der Waals surface area (Å²) < 4.78 is 51.3. The Labute approximate surface area is 140 Å². The quantitative estimate of drug-likeness (QED) is 0.850. The average molecular weight is 351 g/mol. The standard InChI is InChI=1S/C17H18FNO4S/c1-22-16-8-7-14(11-15(16)18)24(20,21)19-9-10-23-17(12-19)13-5-3-2-4-6-13/h2-8,11,17H,9-10,12H2,1H3. The minimum Gasteiger partial charge on any atom is -0.494 e. The lowest BCUT2D eigenvalue weighted by atomic mass is 10.1. The van der Waals surface area contributed by atoms with Gasteiger partial charge in [0.15, 0.2) is 11.6 Å². The molecule has 2 aromatic rings. The monoisotopic (exact) mass is 351 g/mol. The van der Waals surface area contributed by atoms with Crippen molar-refractivity contribution in [1.82, 2.24) is 4.31 Å². The Balaban J connectivity index is 1.85. The molecule has 0 bridgehead atoms. The van der Waals surface area contributed by atoms with Gasteiger partial charge < -0.3 is 9.47 Å². The fourth-order valence-electron chi connectivity index (χ4n) is 2.67. The van der Waals surface area contributed by atoms with Gasteiger partial charge in [-0.3, -0.25) is 0 Å². The van der Waals surface area contributed by atoms with Crippen LogP contribution in [0.25, 0.3) is 0 Å². The Hall–Kier alpha value is -1.96. The molecule has 0 aromatic heterocycles. The third kappa shape index (κ3) is 3.28. The van der Waals surface area contributed by atoms with E-state index in [1.54, 1.807) is 0 Å². The number of ether oxygens (including phenoxy) is 2. The van der Waals surface area contributed by atoms with Crippen molar-refractivity contribution in [2.24, 2.45) is 0 Å². The lowest BCUT2D eigenvalue weighted by Crippen LogP contribution is -2.42. The fraction of sp³-hybridized carbons (Fsp3) is 0.294. The summed E-state index contributed by atoms with van der Waals surface area (Å²) in [7, 11) is -2.46. The normalized spacial score (nSPS) is 19.2. The minimum atomic E-state index is -3.79. The van der Waals surface area contributed by atoms with Crippen molar-refractivity contribution in [2.75, 3.05) is 26.8 Å². The molecule has 0 spiro atoms. The first kappa shape index (κ1) is 16.9. The van der Waals surface area contributed by atoms with Crippen LogP contribution >= 0.6 is 0 Å². The molecule has 0 amide bonds. The molecule has 128 valence electrons. The van der Waals surface area contributed by atoms with Crippen LogP contribution in [0.5, 0.6) is 5.75 Å². The van der Waals surface area contributed by atoms with Crippen LogP contribution in [0, 0.1) is 5.82 Å². The second-order valence-electron chi connectivity index (χ2n) is 5.43. The van der Waals surface area contributed by atoms with Crippen molar-refractivity contribution in [3.8, 4) is 5.75 Å². The first-order chi connectivity index (χ1) is 11.5. The van der Waals surface area contributed by atoms with Crippen molar-refractivity contribution < 1.29 is 22.3 Å². The number of methoxy groups -OCH3 is 1. The SMILES string of the molecule is COc1ccc(S(=O)(=O)N2CCOC(c3ccccc3)C2)cc1F. The van der Waals surface area contributed by atoms with Crippen molar-refractivity contribution in [3.05, 3.63) is 59.9 Å². The van der Waals surface area contributed by atoms with Gasteiger partial charge in [0, 0.05) is 13.1 Å². The van der Waals surface area contributed by atoms with Crippen molar-refractivity contribution in [2.45, 2.75) is 11.0 Å². The highest BCUT2D eigenvalue weighted by Gasteiger charge is 2.32. The molecule has 0 aliphatic carbocycles. The third-order valence-electron chi connectivity index (χ3n) is 3.96. The van der Waals surface area contributed by atoms with Crippen LogP contribution in [0.3, 0.4) is 0 Å². The molecule has 7 heteroatoms. The highest BCUT2D eigenvalue weighted by Crippen LogP contribution is 2.28. The molecular formula is C17H18FNO4S. The Morgan fingerprint density at radius 2 is 1.96 bits per heavy atom. The highest BCUT2D eigenvalue weighted by molar-refractivity contribution is 7.89. The van der Waals surface area contributed by atoms with E-state index in [1.165, 1.54) is 23.5 Å². The van der Waals surface area contributed by atoms with E-state index in [2.05, 4.69) is 0 Å². The van der Waals surface area contributed by atoms with Crippen molar-refractivity contribution >= 4 is 10.0 Å². The predicted molar refractivity (Wildman–Crippen MR) is 86.8 cm³/mol. The Kier molecular flexibility index (Phi) is 4.84. The summed E-state index contributed by atoms with van der Waals surface area (Å²) >= 11 is 0. The molecular weight excluding hydrogens is 333 g/mol. The summed E-state index contributed by atoms with van der Waals surface area (Å²) in [5.41, 5.74) is 0.915. The molecule has 1 aliphatic rings. The largest absolute Gasteiger partial charge is 0.494 e. The van der Waals surface area contributed by atoms with Gasteiger partial charge in [-0.15, -0.1) is 0 Å². The molecule has 1 aliphatic heterocycles. The number of halogens is 1. The molecule has 3 rings (SSSR count). The lowest BCUT2D eigenvalue weighted by Gasteiger charge is -2.32. The molecule has 1 atom stereocenters. The van der Waals surface area contributed by atoms with E-state index in [-0.39, 0.29) is 36.4 Å². The lowest BCUT2D eigenvalue weighted by molar-refractivity contribution is -0.00255.